The van der Waals surface area contributed by atoms with Crippen LogP contribution in [-0.2, 0) is 12.6 Å². The summed E-state index contributed by atoms with van der Waals surface area (Å²) in [5.74, 6) is 1.13. The van der Waals surface area contributed by atoms with Crippen LogP contribution in [0.15, 0.2) is 11.0 Å². The molecule has 1 heteroatoms. The molecule has 0 heterocycles. The molecule has 0 fully saturated rings. The summed E-state index contributed by atoms with van der Waals surface area (Å²) in [4.78, 5) is 1.09. The van der Waals surface area contributed by atoms with Crippen molar-refractivity contribution in [2.45, 2.75) is 27.7 Å². The number of rotatable bonds is 2. The Hall–Kier alpha value is -0.0400. The van der Waals surface area contributed by atoms with Crippen LogP contribution < -0.4 is 0 Å². The van der Waals surface area contributed by atoms with Crippen LogP contribution in [0.25, 0.3) is 0 Å². The molecule has 54 valence electrons. The van der Waals surface area contributed by atoms with E-state index < -0.39 is 0 Å². The molecule has 0 amide bonds. The molecule has 0 saturated heterocycles. The maximum absolute atomic E-state index is 5.10. The Kier molecular flexibility index (Phi) is 3.87. The molecule has 0 saturated carbocycles. The Morgan fingerprint density at radius 1 is 1.22 bits per heavy atom. The minimum absolute atomic E-state index is 0.530. The van der Waals surface area contributed by atoms with Crippen molar-refractivity contribution >= 4 is 12.6 Å². The highest BCUT2D eigenvalue weighted by Gasteiger charge is 1.89. The summed E-state index contributed by atoms with van der Waals surface area (Å²) < 4.78 is 0. The minimum atomic E-state index is 0.530. The molecule has 0 spiro atoms. The summed E-state index contributed by atoms with van der Waals surface area (Å²) in [6.07, 6.45) is 2.14. The van der Waals surface area contributed by atoms with Crippen molar-refractivity contribution in [3.63, 3.8) is 0 Å². The molecule has 0 radical (unpaired) electrons. The van der Waals surface area contributed by atoms with Crippen LogP contribution in [0, 0.1) is 11.8 Å². The Morgan fingerprint density at radius 2 is 1.67 bits per heavy atom. The van der Waals surface area contributed by atoms with Gasteiger partial charge in [0.25, 0.3) is 0 Å². The number of allylic oxidation sites excluding steroid dienone is 2. The zero-order chi connectivity index (χ0) is 7.44. The predicted molar refractivity (Wildman–Crippen MR) is 45.1 cm³/mol. The van der Waals surface area contributed by atoms with Gasteiger partial charge in [0.2, 0.25) is 0 Å². The topological polar surface area (TPSA) is 0 Å². The maximum Gasteiger partial charge on any atom is -0.0305 e. The third-order valence-corrected chi connectivity index (χ3v) is 1.67. The van der Waals surface area contributed by atoms with Gasteiger partial charge >= 0.3 is 0 Å². The molecule has 0 nitrogen and oxygen atoms in total. The third-order valence-electron chi connectivity index (χ3n) is 1.07. The van der Waals surface area contributed by atoms with Gasteiger partial charge in [-0.1, -0.05) is 27.7 Å². The smallest absolute Gasteiger partial charge is 0.0305 e. The molecule has 0 aliphatic carbocycles. The molecule has 0 aromatic rings. The van der Waals surface area contributed by atoms with Crippen molar-refractivity contribution in [3.05, 3.63) is 11.0 Å². The van der Waals surface area contributed by atoms with Crippen molar-refractivity contribution in [2.24, 2.45) is 11.8 Å². The largest absolute Gasteiger partial charge is 0.784 e. The first-order valence-corrected chi connectivity index (χ1v) is 3.83. The van der Waals surface area contributed by atoms with E-state index in [-0.39, 0.29) is 0 Å². The molecule has 0 aliphatic rings. The van der Waals surface area contributed by atoms with Gasteiger partial charge in [0.05, 0.1) is 0 Å². The molecule has 0 N–H and O–H groups in total. The minimum Gasteiger partial charge on any atom is -0.784 e. The molecular formula is C8H15S-. The first kappa shape index (κ1) is 8.96. The lowest BCUT2D eigenvalue weighted by atomic mass is 10.1. The molecule has 0 rings (SSSR count). The van der Waals surface area contributed by atoms with Gasteiger partial charge in [-0.2, -0.15) is 4.91 Å². The van der Waals surface area contributed by atoms with E-state index >= 15 is 0 Å². The highest BCUT2D eigenvalue weighted by Crippen LogP contribution is 2.09. The Balaban J connectivity index is 3.84. The van der Waals surface area contributed by atoms with E-state index in [1.807, 2.05) is 0 Å². The number of hydrogen-bond acceptors (Lipinski definition) is 1. The van der Waals surface area contributed by atoms with Gasteiger partial charge in [0.15, 0.2) is 0 Å². The SMILES string of the molecule is CC(C)/C=C(\[S-])C(C)C. The monoisotopic (exact) mass is 143 g/mol. The molecule has 0 aromatic carbocycles. The van der Waals surface area contributed by atoms with Crippen LogP contribution in [0.2, 0.25) is 0 Å². The second-order valence-electron chi connectivity index (χ2n) is 2.97. The van der Waals surface area contributed by atoms with Crippen molar-refractivity contribution in [2.75, 3.05) is 0 Å². The highest BCUT2D eigenvalue weighted by molar-refractivity contribution is 7.63. The number of hydrogen-bond donors (Lipinski definition) is 0. The summed E-state index contributed by atoms with van der Waals surface area (Å²) in [6.45, 7) is 8.55. The Morgan fingerprint density at radius 3 is 1.78 bits per heavy atom. The first-order chi connectivity index (χ1) is 4.04. The van der Waals surface area contributed by atoms with Crippen LogP contribution in [-0.4, -0.2) is 0 Å². The molecule has 0 aliphatic heterocycles. The molecular weight excluding hydrogens is 128 g/mol. The predicted octanol–water partition coefficient (Wildman–Crippen LogP) is 2.73. The standard InChI is InChI=1S/C8H16S/c1-6(2)5-8(9)7(3)4/h5-7,9H,1-4H3/p-1/b8-5-. The van der Waals surface area contributed by atoms with Crippen LogP contribution in [0.4, 0.5) is 0 Å². The third kappa shape index (κ3) is 4.46. The van der Waals surface area contributed by atoms with Gasteiger partial charge in [0.1, 0.15) is 0 Å². The summed E-state index contributed by atoms with van der Waals surface area (Å²) in [5.41, 5.74) is 0. The normalized spacial score (nSPS) is 13.3. The molecule has 0 aromatic heterocycles. The van der Waals surface area contributed by atoms with Gasteiger partial charge < -0.3 is 12.6 Å². The van der Waals surface area contributed by atoms with Crippen molar-refractivity contribution in [1.29, 1.82) is 0 Å². The molecule has 0 atom stereocenters. The Bertz CT molecular complexity index is 101. The maximum atomic E-state index is 5.10. The van der Waals surface area contributed by atoms with Gasteiger partial charge in [-0.05, 0) is 11.8 Å². The summed E-state index contributed by atoms with van der Waals surface area (Å²) >= 11 is 5.10. The van der Waals surface area contributed by atoms with Crippen LogP contribution >= 0.6 is 0 Å². The van der Waals surface area contributed by atoms with Crippen molar-refractivity contribution < 1.29 is 0 Å². The van der Waals surface area contributed by atoms with Crippen molar-refractivity contribution in [3.8, 4) is 0 Å². The van der Waals surface area contributed by atoms with E-state index in [0.717, 1.165) is 4.91 Å². The van der Waals surface area contributed by atoms with E-state index in [4.69, 9.17) is 12.6 Å². The average Bonchev–Trinajstić information content (AvgIpc) is 1.63. The summed E-state index contributed by atoms with van der Waals surface area (Å²) in [7, 11) is 0. The fourth-order valence-corrected chi connectivity index (χ4v) is 0.793. The zero-order valence-electron chi connectivity index (χ0n) is 6.64. The van der Waals surface area contributed by atoms with Crippen molar-refractivity contribution in [1.82, 2.24) is 0 Å². The van der Waals surface area contributed by atoms with E-state index in [2.05, 4.69) is 33.8 Å². The molecule has 0 unspecified atom stereocenters. The lowest BCUT2D eigenvalue weighted by molar-refractivity contribution is 0.770. The summed E-state index contributed by atoms with van der Waals surface area (Å²) in [6, 6.07) is 0. The lowest BCUT2D eigenvalue weighted by Crippen LogP contribution is -1.92. The molecule has 0 bridgehead atoms. The fraction of sp³-hybridized carbons (Fsp3) is 0.750. The van der Waals surface area contributed by atoms with Crippen LogP contribution in [0.5, 0.6) is 0 Å². The van der Waals surface area contributed by atoms with Crippen LogP contribution in [0.3, 0.4) is 0 Å². The quantitative estimate of drug-likeness (QED) is 0.536. The average molecular weight is 143 g/mol. The Labute approximate surface area is 63.8 Å². The van der Waals surface area contributed by atoms with Gasteiger partial charge in [-0.3, -0.25) is 0 Å². The van der Waals surface area contributed by atoms with Gasteiger partial charge in [-0.25, -0.2) is 0 Å². The second-order valence-corrected chi connectivity index (χ2v) is 3.44. The first-order valence-electron chi connectivity index (χ1n) is 3.42. The summed E-state index contributed by atoms with van der Waals surface area (Å²) in [5, 5.41) is 0. The van der Waals surface area contributed by atoms with E-state index in [1.165, 1.54) is 0 Å². The van der Waals surface area contributed by atoms with Gasteiger partial charge in [0, 0.05) is 0 Å². The molecule has 9 heavy (non-hydrogen) atoms. The zero-order valence-corrected chi connectivity index (χ0v) is 7.46. The lowest BCUT2D eigenvalue weighted by Gasteiger charge is -2.17. The van der Waals surface area contributed by atoms with Crippen LogP contribution in [0.1, 0.15) is 27.7 Å². The van der Waals surface area contributed by atoms with Gasteiger partial charge in [-0.15, -0.1) is 6.08 Å². The van der Waals surface area contributed by atoms with E-state index in [9.17, 15) is 0 Å². The highest BCUT2D eigenvalue weighted by atomic mass is 32.1. The van der Waals surface area contributed by atoms with E-state index in [1.54, 1.807) is 0 Å². The second kappa shape index (κ2) is 3.89. The van der Waals surface area contributed by atoms with E-state index in [0.29, 0.717) is 11.8 Å². The fourth-order valence-electron chi connectivity index (χ4n) is 0.521.